The molecule has 3 heterocycles. The van der Waals surface area contributed by atoms with E-state index >= 15 is 0 Å². The summed E-state index contributed by atoms with van der Waals surface area (Å²) >= 11 is 0. The van der Waals surface area contributed by atoms with Crippen molar-refractivity contribution < 1.29 is 22.7 Å². The smallest absolute Gasteiger partial charge is 0.322 e. The monoisotopic (exact) mass is 364 g/mol. The van der Waals surface area contributed by atoms with E-state index in [9.17, 15) is 18.3 Å². The van der Waals surface area contributed by atoms with Gasteiger partial charge in [-0.05, 0) is 43.8 Å². The van der Waals surface area contributed by atoms with Gasteiger partial charge < -0.3 is 14.8 Å². The molecule has 1 atom stereocenters. The summed E-state index contributed by atoms with van der Waals surface area (Å²) in [6, 6.07) is 7.45. The van der Waals surface area contributed by atoms with Crippen molar-refractivity contribution in [1.82, 2.24) is 9.62 Å². The quantitative estimate of drug-likeness (QED) is 0.859. The molecule has 2 aliphatic rings. The van der Waals surface area contributed by atoms with Gasteiger partial charge in [-0.15, -0.1) is 0 Å². The number of carboxylic acid groups (broad SMARTS) is 1. The van der Waals surface area contributed by atoms with Crippen LogP contribution in [0.3, 0.4) is 0 Å². The number of carboxylic acids is 1. The molecule has 2 fully saturated rings. The number of hydrogen-bond acceptors (Lipinski definition) is 5. The SMILES string of the molecule is O=C(O)[C@@H]1CC2(CCNCC2)CN1S(=O)(=O)c1cc2ccccc2o1. The van der Waals surface area contributed by atoms with E-state index in [-0.39, 0.29) is 17.1 Å². The van der Waals surface area contributed by atoms with Crippen molar-refractivity contribution in [3.63, 3.8) is 0 Å². The third-order valence-corrected chi connectivity index (χ3v) is 7.09. The summed E-state index contributed by atoms with van der Waals surface area (Å²) in [7, 11) is -4.00. The maximum atomic E-state index is 13.1. The highest BCUT2D eigenvalue weighted by atomic mass is 32.2. The van der Waals surface area contributed by atoms with Gasteiger partial charge in [-0.25, -0.2) is 8.42 Å². The first-order valence-electron chi connectivity index (χ1n) is 8.35. The van der Waals surface area contributed by atoms with Crippen molar-refractivity contribution in [3.05, 3.63) is 30.3 Å². The number of para-hydroxylation sites is 1. The number of sulfonamides is 1. The van der Waals surface area contributed by atoms with E-state index in [0.717, 1.165) is 30.2 Å². The average molecular weight is 364 g/mol. The lowest BCUT2D eigenvalue weighted by Gasteiger charge is -2.33. The topological polar surface area (TPSA) is 99.9 Å². The first-order chi connectivity index (χ1) is 11.9. The fourth-order valence-electron chi connectivity index (χ4n) is 4.00. The fourth-order valence-corrected chi connectivity index (χ4v) is 5.65. The maximum absolute atomic E-state index is 13.1. The Morgan fingerprint density at radius 3 is 2.68 bits per heavy atom. The largest absolute Gasteiger partial charge is 0.480 e. The van der Waals surface area contributed by atoms with Crippen LogP contribution in [0, 0.1) is 5.41 Å². The first kappa shape index (κ1) is 16.6. The number of nitrogens with one attached hydrogen (secondary N) is 1. The number of fused-ring (bicyclic) bond motifs is 1. The standard InChI is InChI=1S/C17H20N2O5S/c20-16(21)13-10-17(5-7-18-8-6-17)11-19(13)25(22,23)15-9-12-3-1-2-4-14(12)24-15/h1-4,9,13,18H,5-8,10-11H2,(H,20,21)/t13-/m0/s1. The van der Waals surface area contributed by atoms with E-state index < -0.39 is 22.0 Å². The Kier molecular flexibility index (Phi) is 3.86. The summed E-state index contributed by atoms with van der Waals surface area (Å²) < 4.78 is 32.8. The zero-order valence-electron chi connectivity index (χ0n) is 13.6. The van der Waals surface area contributed by atoms with E-state index in [2.05, 4.69) is 5.32 Å². The summed E-state index contributed by atoms with van der Waals surface area (Å²) in [6.45, 7) is 1.79. The van der Waals surface area contributed by atoms with Crippen LogP contribution >= 0.6 is 0 Å². The number of nitrogens with zero attached hydrogens (tertiary/aromatic N) is 1. The highest BCUT2D eigenvalue weighted by Gasteiger charge is 2.52. The Balaban J connectivity index is 1.73. The molecule has 1 aromatic carbocycles. The molecule has 134 valence electrons. The average Bonchev–Trinajstić information content (AvgIpc) is 3.18. The molecule has 1 spiro atoms. The highest BCUT2D eigenvalue weighted by molar-refractivity contribution is 7.89. The van der Waals surface area contributed by atoms with Gasteiger partial charge in [0.1, 0.15) is 11.6 Å². The Morgan fingerprint density at radius 2 is 2.00 bits per heavy atom. The van der Waals surface area contributed by atoms with E-state index in [1.54, 1.807) is 24.3 Å². The molecule has 4 rings (SSSR count). The molecule has 0 aliphatic carbocycles. The minimum Gasteiger partial charge on any atom is -0.480 e. The van der Waals surface area contributed by atoms with Crippen LogP contribution in [0.2, 0.25) is 0 Å². The van der Waals surface area contributed by atoms with Crippen molar-refractivity contribution in [2.24, 2.45) is 5.41 Å². The van der Waals surface area contributed by atoms with Crippen LogP contribution in [0.1, 0.15) is 19.3 Å². The normalized spacial score (nSPS) is 24.1. The number of hydrogen-bond donors (Lipinski definition) is 2. The highest BCUT2D eigenvalue weighted by Crippen LogP contribution is 2.44. The molecule has 2 saturated heterocycles. The molecule has 8 heteroatoms. The Labute approximate surface area is 145 Å². The van der Waals surface area contributed by atoms with Gasteiger partial charge in [-0.2, -0.15) is 4.31 Å². The predicted octanol–water partition coefficient (Wildman–Crippen LogP) is 1.65. The van der Waals surface area contributed by atoms with Crippen LogP contribution in [0.15, 0.2) is 39.8 Å². The van der Waals surface area contributed by atoms with E-state index in [1.807, 2.05) is 0 Å². The summed E-state index contributed by atoms with van der Waals surface area (Å²) in [4.78, 5) is 11.7. The second-order valence-electron chi connectivity index (χ2n) is 6.96. The van der Waals surface area contributed by atoms with Gasteiger partial charge >= 0.3 is 5.97 Å². The lowest BCUT2D eigenvalue weighted by molar-refractivity contribution is -0.140. The molecule has 2 N–H and O–H groups in total. The summed E-state index contributed by atoms with van der Waals surface area (Å²) in [5.41, 5.74) is 0.205. The molecule has 0 radical (unpaired) electrons. The zero-order valence-corrected chi connectivity index (χ0v) is 14.5. The number of carbonyl (C=O) groups is 1. The maximum Gasteiger partial charge on any atom is 0.322 e. The number of benzene rings is 1. The van der Waals surface area contributed by atoms with Gasteiger partial charge in [0.2, 0.25) is 5.09 Å². The molecule has 2 aliphatic heterocycles. The van der Waals surface area contributed by atoms with Crippen molar-refractivity contribution in [2.75, 3.05) is 19.6 Å². The number of furan rings is 1. The van der Waals surface area contributed by atoms with E-state index in [4.69, 9.17) is 4.42 Å². The van der Waals surface area contributed by atoms with Crippen molar-refractivity contribution in [1.29, 1.82) is 0 Å². The first-order valence-corrected chi connectivity index (χ1v) is 9.79. The van der Waals surface area contributed by atoms with Gasteiger partial charge in [-0.3, -0.25) is 4.79 Å². The van der Waals surface area contributed by atoms with Crippen molar-refractivity contribution >= 4 is 27.0 Å². The predicted molar refractivity (Wildman–Crippen MR) is 90.7 cm³/mol. The summed E-state index contributed by atoms with van der Waals surface area (Å²) in [5.74, 6) is -1.10. The second kappa shape index (κ2) is 5.82. The molecule has 0 saturated carbocycles. The molecule has 0 unspecified atom stereocenters. The fraction of sp³-hybridized carbons (Fsp3) is 0.471. The Hall–Kier alpha value is -1.90. The third kappa shape index (κ3) is 2.74. The second-order valence-corrected chi connectivity index (χ2v) is 8.78. The van der Waals surface area contributed by atoms with Crippen LogP contribution in [-0.4, -0.2) is 49.5 Å². The van der Waals surface area contributed by atoms with E-state index in [0.29, 0.717) is 17.4 Å². The summed E-state index contributed by atoms with van der Waals surface area (Å²) in [6.07, 6.45) is 1.91. The number of aliphatic carboxylic acids is 1. The number of piperidine rings is 1. The molecule has 2 aromatic rings. The minimum absolute atomic E-state index is 0.189. The molecule has 25 heavy (non-hydrogen) atoms. The third-order valence-electron chi connectivity index (χ3n) is 5.38. The van der Waals surface area contributed by atoms with E-state index in [1.165, 1.54) is 6.07 Å². The van der Waals surface area contributed by atoms with Crippen LogP contribution in [0.5, 0.6) is 0 Å². The van der Waals surface area contributed by atoms with Gasteiger partial charge in [0.05, 0.1) is 0 Å². The van der Waals surface area contributed by atoms with Crippen LogP contribution < -0.4 is 5.32 Å². The molecule has 1 aromatic heterocycles. The Bertz CT molecular complexity index is 881. The molecular weight excluding hydrogens is 344 g/mol. The van der Waals surface area contributed by atoms with Gasteiger partial charge in [0, 0.05) is 18.0 Å². The number of rotatable bonds is 3. The molecule has 0 bridgehead atoms. The van der Waals surface area contributed by atoms with Gasteiger partial charge in [0.15, 0.2) is 0 Å². The van der Waals surface area contributed by atoms with Gasteiger partial charge in [-0.1, -0.05) is 18.2 Å². The zero-order chi connectivity index (χ0) is 17.7. The lowest BCUT2D eigenvalue weighted by Crippen LogP contribution is -2.41. The van der Waals surface area contributed by atoms with Crippen molar-refractivity contribution in [2.45, 2.75) is 30.4 Å². The minimum atomic E-state index is -4.00. The lowest BCUT2D eigenvalue weighted by atomic mass is 9.77. The van der Waals surface area contributed by atoms with Crippen LogP contribution in [-0.2, 0) is 14.8 Å². The van der Waals surface area contributed by atoms with Gasteiger partial charge in [0.25, 0.3) is 10.0 Å². The Morgan fingerprint density at radius 1 is 1.28 bits per heavy atom. The molecule has 0 amide bonds. The summed E-state index contributed by atoms with van der Waals surface area (Å²) in [5, 5.41) is 13.3. The van der Waals surface area contributed by atoms with Crippen molar-refractivity contribution in [3.8, 4) is 0 Å². The van der Waals surface area contributed by atoms with Crippen LogP contribution in [0.4, 0.5) is 0 Å². The molecule has 7 nitrogen and oxygen atoms in total. The molecular formula is C17H20N2O5S. The van der Waals surface area contributed by atoms with Crippen LogP contribution in [0.25, 0.3) is 11.0 Å².